The summed E-state index contributed by atoms with van der Waals surface area (Å²) in [5.41, 5.74) is 0.931. The van der Waals surface area contributed by atoms with Gasteiger partial charge in [0, 0.05) is 12.3 Å². The Labute approximate surface area is 165 Å². The van der Waals surface area contributed by atoms with Crippen LogP contribution in [0.3, 0.4) is 0 Å². The van der Waals surface area contributed by atoms with Gasteiger partial charge in [-0.1, -0.05) is 25.5 Å². The van der Waals surface area contributed by atoms with Crippen LogP contribution in [0.4, 0.5) is 4.39 Å². The first-order chi connectivity index (χ1) is 13.0. The van der Waals surface area contributed by atoms with Gasteiger partial charge in [-0.3, -0.25) is 4.79 Å². The summed E-state index contributed by atoms with van der Waals surface area (Å²) in [6.45, 7) is 7.73. The average Bonchev–Trinajstić information content (AvgIpc) is 3.15. The molecule has 1 amide bonds. The third-order valence-electron chi connectivity index (χ3n) is 4.85. The van der Waals surface area contributed by atoms with E-state index in [1.807, 2.05) is 11.8 Å². The number of ether oxygens (including phenoxy) is 1. The largest absolute Gasteiger partial charge is 0.462 e. The average molecular weight is 398 g/mol. The summed E-state index contributed by atoms with van der Waals surface area (Å²) in [6, 6.07) is 5.96. The van der Waals surface area contributed by atoms with Crippen LogP contribution >= 0.6 is 11.8 Å². The molecule has 5 nitrogen and oxygen atoms in total. The van der Waals surface area contributed by atoms with Gasteiger partial charge in [0.25, 0.3) is 5.91 Å². The van der Waals surface area contributed by atoms with Crippen LogP contribution in [0.5, 0.6) is 0 Å². The van der Waals surface area contributed by atoms with Gasteiger partial charge in [0.05, 0.1) is 13.2 Å². The fourth-order valence-corrected chi connectivity index (χ4v) is 4.50. The highest BCUT2D eigenvalue weighted by Gasteiger charge is 2.35. The first-order valence-corrected chi connectivity index (χ1v) is 10.7. The molecule has 3 atom stereocenters. The molecule has 1 fully saturated rings. The number of benzene rings is 1. The Bertz CT molecular complexity index is 626. The van der Waals surface area contributed by atoms with E-state index in [-0.39, 0.29) is 35.7 Å². The summed E-state index contributed by atoms with van der Waals surface area (Å²) in [5, 5.41) is -0.0941. The van der Waals surface area contributed by atoms with Crippen molar-refractivity contribution in [2.45, 2.75) is 45.0 Å². The molecule has 0 spiro atoms. The number of esters is 1. The van der Waals surface area contributed by atoms with Crippen molar-refractivity contribution < 1.29 is 23.6 Å². The maximum absolute atomic E-state index is 13.2. The normalized spacial score (nSPS) is 19.0. The number of quaternary nitrogens is 1. The van der Waals surface area contributed by atoms with E-state index in [1.165, 1.54) is 12.1 Å². The van der Waals surface area contributed by atoms with E-state index in [1.54, 1.807) is 30.8 Å². The molecule has 0 aliphatic carbocycles. The number of carbonyl (C=O) groups is 2. The highest BCUT2D eigenvalue weighted by atomic mass is 32.2. The summed E-state index contributed by atoms with van der Waals surface area (Å²) >= 11 is 1.69. The van der Waals surface area contributed by atoms with E-state index in [4.69, 9.17) is 4.74 Å². The van der Waals surface area contributed by atoms with E-state index in [0.29, 0.717) is 13.2 Å². The second kappa shape index (κ2) is 10.7. The monoisotopic (exact) mass is 397 g/mol. The van der Waals surface area contributed by atoms with Crippen LogP contribution in [-0.4, -0.2) is 54.8 Å². The Morgan fingerprint density at radius 1 is 1.33 bits per heavy atom. The molecule has 27 heavy (non-hydrogen) atoms. The molecule has 0 bridgehead atoms. The van der Waals surface area contributed by atoms with Gasteiger partial charge in [0.1, 0.15) is 11.2 Å². The van der Waals surface area contributed by atoms with Gasteiger partial charge in [-0.05, 0) is 38.0 Å². The molecule has 1 saturated heterocycles. The predicted molar refractivity (Wildman–Crippen MR) is 105 cm³/mol. The molecule has 1 aliphatic rings. The number of carbonyl (C=O) groups excluding carboxylic acids is 2. The second-order valence-electron chi connectivity index (χ2n) is 6.77. The Hall–Kier alpha value is -1.60. The molecule has 1 heterocycles. The van der Waals surface area contributed by atoms with Crippen LogP contribution in [0, 0.1) is 5.82 Å². The fourth-order valence-electron chi connectivity index (χ4n) is 3.22. The van der Waals surface area contributed by atoms with Crippen LogP contribution in [0.25, 0.3) is 0 Å². The van der Waals surface area contributed by atoms with Crippen molar-refractivity contribution in [3.8, 4) is 0 Å². The Morgan fingerprint density at radius 2 is 2.04 bits per heavy atom. The number of halogens is 1. The number of hydrogen-bond acceptors (Lipinski definition) is 4. The first-order valence-electron chi connectivity index (χ1n) is 9.65. The minimum Gasteiger partial charge on any atom is -0.462 e. The van der Waals surface area contributed by atoms with Crippen molar-refractivity contribution in [2.24, 2.45) is 0 Å². The zero-order valence-electron chi connectivity index (χ0n) is 16.4. The number of thioether (sulfide) groups is 1. The van der Waals surface area contributed by atoms with Gasteiger partial charge < -0.3 is 14.5 Å². The molecular weight excluding hydrogens is 367 g/mol. The standard InChI is InChI=1S/C20H29FN2O3S/c1-4-6-11-22(15(3)20(25)26-5-2)14-18(24)23-12-13-27-19(23)16-7-9-17(21)10-8-16/h7-10,15,19H,4-6,11-14H2,1-3H3/p+1/t15-,19-/m0/s1. The smallest absolute Gasteiger partial charge is 0.364 e. The van der Waals surface area contributed by atoms with E-state index in [0.717, 1.165) is 35.6 Å². The van der Waals surface area contributed by atoms with Gasteiger partial charge >= 0.3 is 5.97 Å². The number of amides is 1. The van der Waals surface area contributed by atoms with Crippen molar-refractivity contribution in [3.63, 3.8) is 0 Å². The Balaban J connectivity index is 2.08. The van der Waals surface area contributed by atoms with Gasteiger partial charge in [-0.15, -0.1) is 11.8 Å². The molecule has 0 saturated carbocycles. The van der Waals surface area contributed by atoms with Crippen molar-refractivity contribution in [1.82, 2.24) is 4.90 Å². The van der Waals surface area contributed by atoms with Gasteiger partial charge in [-0.2, -0.15) is 0 Å². The molecule has 2 rings (SSSR count). The van der Waals surface area contributed by atoms with Crippen molar-refractivity contribution >= 4 is 23.6 Å². The van der Waals surface area contributed by atoms with Gasteiger partial charge in [0.15, 0.2) is 12.6 Å². The van der Waals surface area contributed by atoms with Gasteiger partial charge in [0.2, 0.25) is 0 Å². The lowest BCUT2D eigenvalue weighted by atomic mass is 10.2. The van der Waals surface area contributed by atoms with Crippen molar-refractivity contribution in [2.75, 3.05) is 32.0 Å². The quantitative estimate of drug-likeness (QED) is 0.648. The summed E-state index contributed by atoms with van der Waals surface area (Å²) in [6.07, 6.45) is 1.95. The Kier molecular flexibility index (Phi) is 8.57. The predicted octanol–water partition coefficient (Wildman–Crippen LogP) is 2.04. The molecule has 1 unspecified atom stereocenters. The summed E-state index contributed by atoms with van der Waals surface area (Å²) in [7, 11) is 0. The molecule has 1 N–H and O–H groups in total. The van der Waals surface area contributed by atoms with Crippen LogP contribution < -0.4 is 4.90 Å². The lowest BCUT2D eigenvalue weighted by molar-refractivity contribution is -0.907. The number of unbranched alkanes of at least 4 members (excludes halogenated alkanes) is 1. The molecule has 7 heteroatoms. The minimum absolute atomic E-state index is 0.0246. The third-order valence-corrected chi connectivity index (χ3v) is 6.11. The van der Waals surface area contributed by atoms with Crippen LogP contribution in [0.2, 0.25) is 0 Å². The maximum atomic E-state index is 13.2. The topological polar surface area (TPSA) is 51.0 Å². The first kappa shape index (κ1) is 21.7. The molecule has 1 aromatic rings. The van der Waals surface area contributed by atoms with Crippen LogP contribution in [0.1, 0.15) is 44.6 Å². The zero-order valence-corrected chi connectivity index (χ0v) is 17.2. The highest BCUT2D eigenvalue weighted by Crippen LogP contribution is 2.37. The number of nitrogens with one attached hydrogen (secondary N) is 1. The molecule has 1 aromatic carbocycles. The maximum Gasteiger partial charge on any atom is 0.364 e. The molecule has 150 valence electrons. The third kappa shape index (κ3) is 5.94. The van der Waals surface area contributed by atoms with E-state index >= 15 is 0 Å². The lowest BCUT2D eigenvalue weighted by Crippen LogP contribution is -3.17. The van der Waals surface area contributed by atoms with Crippen molar-refractivity contribution in [3.05, 3.63) is 35.6 Å². The van der Waals surface area contributed by atoms with Crippen LogP contribution in [0.15, 0.2) is 24.3 Å². The van der Waals surface area contributed by atoms with E-state index in [2.05, 4.69) is 6.92 Å². The van der Waals surface area contributed by atoms with Crippen molar-refractivity contribution in [1.29, 1.82) is 0 Å². The summed E-state index contributed by atoms with van der Waals surface area (Å²) < 4.78 is 18.4. The molecule has 0 radical (unpaired) electrons. The highest BCUT2D eigenvalue weighted by molar-refractivity contribution is 7.99. The summed E-state index contributed by atoms with van der Waals surface area (Å²) in [5.74, 6) is 0.336. The second-order valence-corrected chi connectivity index (χ2v) is 7.96. The Morgan fingerprint density at radius 3 is 2.67 bits per heavy atom. The van der Waals surface area contributed by atoms with E-state index in [9.17, 15) is 14.0 Å². The lowest BCUT2D eigenvalue weighted by Gasteiger charge is -2.28. The van der Waals surface area contributed by atoms with Crippen LogP contribution in [-0.2, 0) is 14.3 Å². The summed E-state index contributed by atoms with van der Waals surface area (Å²) in [4.78, 5) is 28.0. The molecule has 1 aliphatic heterocycles. The SMILES string of the molecule is CCCC[NH+](CC(=O)N1CCS[C@H]1c1ccc(F)cc1)[C@@H](C)C(=O)OCC. The molecular formula is C20H30FN2O3S+. The molecule has 0 aromatic heterocycles. The zero-order chi connectivity index (χ0) is 19.8. The van der Waals surface area contributed by atoms with Gasteiger partial charge in [-0.25, -0.2) is 9.18 Å². The number of hydrogen-bond donors (Lipinski definition) is 1. The fraction of sp³-hybridized carbons (Fsp3) is 0.600. The minimum atomic E-state index is -0.375. The number of nitrogens with zero attached hydrogens (tertiary/aromatic N) is 1. The number of rotatable bonds is 9. The van der Waals surface area contributed by atoms with E-state index < -0.39 is 0 Å².